The Balaban J connectivity index is 1.70. The molecule has 0 amide bonds. The number of ether oxygens (including phenoxy) is 2. The summed E-state index contributed by atoms with van der Waals surface area (Å²) in [5, 5.41) is 8.93. The van der Waals surface area contributed by atoms with Gasteiger partial charge in [-0.2, -0.15) is 15.2 Å². The first-order valence-corrected chi connectivity index (χ1v) is 8.92. The number of hydrogen-bond donors (Lipinski definition) is 0. The summed E-state index contributed by atoms with van der Waals surface area (Å²) in [6, 6.07) is 3.91. The summed E-state index contributed by atoms with van der Waals surface area (Å²) in [7, 11) is 0. The van der Waals surface area contributed by atoms with Crippen molar-refractivity contribution < 1.29 is 9.47 Å². The van der Waals surface area contributed by atoms with Gasteiger partial charge in [0.15, 0.2) is 0 Å². The maximum Gasteiger partial charge on any atom is 0.220 e. The minimum atomic E-state index is 0.183. The Hall–Kier alpha value is -1.83. The van der Waals surface area contributed by atoms with Crippen molar-refractivity contribution in [2.24, 2.45) is 0 Å². The van der Waals surface area contributed by atoms with Crippen LogP contribution in [0.5, 0.6) is 11.8 Å². The molecular weight excluding hydrogens is 290 g/mol. The average molecular weight is 315 g/mol. The second-order valence-corrected chi connectivity index (χ2v) is 6.55. The van der Waals surface area contributed by atoms with Crippen LogP contribution < -0.4 is 9.47 Å². The van der Waals surface area contributed by atoms with Gasteiger partial charge >= 0.3 is 0 Å². The highest BCUT2D eigenvalue weighted by Crippen LogP contribution is 2.27. The molecule has 2 aliphatic carbocycles. The smallest absolute Gasteiger partial charge is 0.220 e. The van der Waals surface area contributed by atoms with Gasteiger partial charge in [0, 0.05) is 0 Å². The van der Waals surface area contributed by atoms with Gasteiger partial charge in [0.25, 0.3) is 0 Å². The van der Waals surface area contributed by atoms with Gasteiger partial charge in [-0.1, -0.05) is 12.8 Å². The number of hydrogen-bond acceptors (Lipinski definition) is 5. The van der Waals surface area contributed by atoms with Gasteiger partial charge in [-0.3, -0.25) is 0 Å². The maximum absolute atomic E-state index is 8.93. The summed E-state index contributed by atoms with van der Waals surface area (Å²) < 4.78 is 12.1. The van der Waals surface area contributed by atoms with Crippen LogP contribution in [0.25, 0.3) is 0 Å². The third-order valence-corrected chi connectivity index (χ3v) is 4.64. The molecule has 2 saturated carbocycles. The second-order valence-electron chi connectivity index (χ2n) is 6.55. The Morgan fingerprint density at radius 2 is 1.35 bits per heavy atom. The lowest BCUT2D eigenvalue weighted by Gasteiger charge is -2.24. The van der Waals surface area contributed by atoms with Crippen molar-refractivity contribution in [3.8, 4) is 17.8 Å². The third kappa shape index (κ3) is 4.82. The lowest BCUT2D eigenvalue weighted by Crippen LogP contribution is -2.22. The molecule has 0 radical (unpaired) electrons. The molecule has 0 spiro atoms. The van der Waals surface area contributed by atoms with Gasteiger partial charge in [-0.15, -0.1) is 0 Å². The van der Waals surface area contributed by atoms with E-state index in [4.69, 9.17) is 14.7 Å². The zero-order valence-corrected chi connectivity index (χ0v) is 13.7. The Labute approximate surface area is 138 Å². The normalized spacial score (nSPS) is 20.0. The molecule has 2 fully saturated rings. The summed E-state index contributed by atoms with van der Waals surface area (Å²) in [5.74, 6) is 1.61. The average Bonchev–Trinajstić information content (AvgIpc) is 2.57. The van der Waals surface area contributed by atoms with Gasteiger partial charge in [-0.05, 0) is 51.4 Å². The highest BCUT2D eigenvalue weighted by Gasteiger charge is 2.19. The molecule has 0 aliphatic heterocycles. The Morgan fingerprint density at radius 3 is 1.78 bits per heavy atom. The predicted molar refractivity (Wildman–Crippen MR) is 86.4 cm³/mol. The number of nitriles is 1. The van der Waals surface area contributed by atoms with Crippen molar-refractivity contribution in [2.75, 3.05) is 0 Å². The van der Waals surface area contributed by atoms with Gasteiger partial charge in [0.05, 0.1) is 18.6 Å². The van der Waals surface area contributed by atoms with E-state index in [2.05, 4.69) is 16.0 Å². The summed E-state index contributed by atoms with van der Waals surface area (Å²) in [6.07, 6.45) is 12.4. The van der Waals surface area contributed by atoms with E-state index in [0.717, 1.165) is 25.7 Å². The van der Waals surface area contributed by atoms with Gasteiger partial charge < -0.3 is 9.47 Å². The molecule has 0 unspecified atom stereocenters. The van der Waals surface area contributed by atoms with E-state index in [9.17, 15) is 0 Å². The fourth-order valence-electron chi connectivity index (χ4n) is 3.43. The molecule has 2 aliphatic rings. The van der Waals surface area contributed by atoms with E-state index in [1.54, 1.807) is 6.07 Å². The molecule has 124 valence electrons. The van der Waals surface area contributed by atoms with Crippen molar-refractivity contribution >= 4 is 0 Å². The Kier molecular flexibility index (Phi) is 5.68. The predicted octanol–water partition coefficient (Wildman–Crippen LogP) is 3.97. The van der Waals surface area contributed by atoms with E-state index < -0.39 is 0 Å². The quantitative estimate of drug-likeness (QED) is 0.822. The van der Waals surface area contributed by atoms with Crippen LogP contribution in [0, 0.1) is 11.3 Å². The van der Waals surface area contributed by atoms with Crippen LogP contribution in [0.15, 0.2) is 6.07 Å². The minimum Gasteiger partial charge on any atom is -0.474 e. The van der Waals surface area contributed by atoms with Gasteiger partial charge in [-0.25, -0.2) is 0 Å². The molecule has 0 N–H and O–H groups in total. The summed E-state index contributed by atoms with van der Waals surface area (Å²) >= 11 is 0. The summed E-state index contributed by atoms with van der Waals surface area (Å²) in [4.78, 5) is 8.75. The highest BCUT2D eigenvalue weighted by molar-refractivity contribution is 5.22. The van der Waals surface area contributed by atoms with Crippen molar-refractivity contribution in [1.82, 2.24) is 9.97 Å². The molecule has 0 atom stereocenters. The molecule has 1 aromatic rings. The highest BCUT2D eigenvalue weighted by atomic mass is 16.5. The molecule has 0 saturated heterocycles. The molecule has 1 heterocycles. The first-order valence-electron chi connectivity index (χ1n) is 8.92. The van der Waals surface area contributed by atoms with E-state index in [-0.39, 0.29) is 18.6 Å². The fourth-order valence-corrected chi connectivity index (χ4v) is 3.43. The standard InChI is InChI=1S/C18H25N3O2/c19-12-11-16-20-17(22-14-7-3-1-4-8-14)13-18(21-16)23-15-9-5-2-6-10-15/h13-15H,1-11H2. The van der Waals surface area contributed by atoms with Crippen molar-refractivity contribution in [2.45, 2.75) is 82.8 Å². The van der Waals surface area contributed by atoms with Crippen LogP contribution in [0.2, 0.25) is 0 Å². The molecular formula is C18H25N3O2. The largest absolute Gasteiger partial charge is 0.474 e. The van der Waals surface area contributed by atoms with Gasteiger partial charge in [0.1, 0.15) is 18.0 Å². The number of rotatable bonds is 5. The second kappa shape index (κ2) is 8.14. The van der Waals surface area contributed by atoms with Crippen LogP contribution in [0.1, 0.15) is 70.0 Å². The number of aromatic nitrogens is 2. The van der Waals surface area contributed by atoms with E-state index in [1.165, 1.54) is 38.5 Å². The van der Waals surface area contributed by atoms with E-state index >= 15 is 0 Å². The lowest BCUT2D eigenvalue weighted by molar-refractivity contribution is 0.136. The first-order chi connectivity index (χ1) is 11.3. The van der Waals surface area contributed by atoms with Gasteiger partial charge in [0.2, 0.25) is 11.8 Å². The summed E-state index contributed by atoms with van der Waals surface area (Å²) in [6.45, 7) is 0. The molecule has 0 bridgehead atoms. The van der Waals surface area contributed by atoms with Crippen molar-refractivity contribution in [3.63, 3.8) is 0 Å². The van der Waals surface area contributed by atoms with Crippen LogP contribution in [-0.4, -0.2) is 22.2 Å². The molecule has 0 aromatic carbocycles. The van der Waals surface area contributed by atoms with Crippen LogP contribution in [0.4, 0.5) is 0 Å². The first kappa shape index (κ1) is 16.0. The third-order valence-electron chi connectivity index (χ3n) is 4.64. The van der Waals surface area contributed by atoms with Crippen LogP contribution >= 0.6 is 0 Å². The fraction of sp³-hybridized carbons (Fsp3) is 0.722. The van der Waals surface area contributed by atoms with Crippen molar-refractivity contribution in [1.29, 1.82) is 5.26 Å². The summed E-state index contributed by atoms with van der Waals surface area (Å²) in [5.41, 5.74) is 0. The molecule has 23 heavy (non-hydrogen) atoms. The van der Waals surface area contributed by atoms with E-state index in [0.29, 0.717) is 17.6 Å². The minimum absolute atomic E-state index is 0.183. The topological polar surface area (TPSA) is 68.0 Å². The lowest BCUT2D eigenvalue weighted by atomic mass is 9.98. The monoisotopic (exact) mass is 315 g/mol. The zero-order valence-electron chi connectivity index (χ0n) is 13.7. The molecule has 5 nitrogen and oxygen atoms in total. The van der Waals surface area contributed by atoms with Crippen LogP contribution in [0.3, 0.4) is 0 Å². The maximum atomic E-state index is 8.93. The Morgan fingerprint density at radius 1 is 0.870 bits per heavy atom. The Bertz CT molecular complexity index is 505. The number of nitrogens with zero attached hydrogens (tertiary/aromatic N) is 3. The van der Waals surface area contributed by atoms with Crippen molar-refractivity contribution in [3.05, 3.63) is 11.9 Å². The van der Waals surface area contributed by atoms with Crippen LogP contribution in [-0.2, 0) is 6.42 Å². The SMILES string of the molecule is N#CCc1nc(OC2CCCCC2)cc(OC2CCCCC2)n1. The molecule has 3 rings (SSSR count). The van der Waals surface area contributed by atoms with E-state index in [1.807, 2.05) is 0 Å². The molecule has 5 heteroatoms. The molecule has 1 aromatic heterocycles. The zero-order chi connectivity index (χ0) is 15.9.